The van der Waals surface area contributed by atoms with Gasteiger partial charge in [0.25, 0.3) is 0 Å². The lowest BCUT2D eigenvalue weighted by molar-refractivity contribution is -0.120. The maximum atomic E-state index is 13.4. The summed E-state index contributed by atoms with van der Waals surface area (Å²) in [6.07, 6.45) is -0.196. The van der Waals surface area contributed by atoms with Crippen molar-refractivity contribution in [3.05, 3.63) is 65.2 Å². The number of hydrogen-bond donors (Lipinski definition) is 2. The van der Waals surface area contributed by atoms with Gasteiger partial charge in [0.2, 0.25) is 5.91 Å². The number of carbonyl (C=O) groups is 1. The molecule has 0 spiro atoms. The van der Waals surface area contributed by atoms with Gasteiger partial charge < -0.3 is 11.1 Å². The fourth-order valence-corrected chi connectivity index (χ4v) is 1.76. The second-order valence-corrected chi connectivity index (χ2v) is 4.41. The minimum absolute atomic E-state index is 0.0415. The van der Waals surface area contributed by atoms with E-state index >= 15 is 0 Å². The van der Waals surface area contributed by atoms with E-state index in [1.807, 2.05) is 0 Å². The summed E-state index contributed by atoms with van der Waals surface area (Å²) in [4.78, 5) is 11.7. The molecule has 20 heavy (non-hydrogen) atoms. The molecule has 0 unspecified atom stereocenters. The van der Waals surface area contributed by atoms with Crippen LogP contribution in [0.3, 0.4) is 0 Å². The highest BCUT2D eigenvalue weighted by Gasteiger charge is 2.11. The lowest BCUT2D eigenvalue weighted by atomic mass is 10.1. The Balaban J connectivity index is 1.92. The molecule has 0 radical (unpaired) electrons. The normalized spacial score (nSPS) is 10.3. The third-order valence-electron chi connectivity index (χ3n) is 2.85. The first-order valence-corrected chi connectivity index (χ1v) is 6.10. The molecule has 0 atom stereocenters. The molecule has 0 aliphatic heterocycles. The molecule has 104 valence electrons. The van der Waals surface area contributed by atoms with Gasteiger partial charge in [0.15, 0.2) is 11.6 Å². The van der Waals surface area contributed by atoms with E-state index in [0.717, 1.165) is 11.6 Å². The van der Waals surface area contributed by atoms with E-state index in [-0.39, 0.29) is 17.9 Å². The van der Waals surface area contributed by atoms with Gasteiger partial charge in [-0.3, -0.25) is 4.79 Å². The average molecular weight is 276 g/mol. The zero-order chi connectivity index (χ0) is 14.5. The van der Waals surface area contributed by atoms with E-state index in [4.69, 9.17) is 5.73 Å². The highest BCUT2D eigenvalue weighted by molar-refractivity contribution is 5.78. The largest absolute Gasteiger partial charge is 0.399 e. The minimum atomic E-state index is -0.977. The molecule has 0 heterocycles. The van der Waals surface area contributed by atoms with Crippen molar-refractivity contribution >= 4 is 11.6 Å². The lowest BCUT2D eigenvalue weighted by Crippen LogP contribution is -2.25. The Morgan fingerprint density at radius 1 is 1.10 bits per heavy atom. The molecule has 2 aromatic carbocycles. The molecule has 2 rings (SSSR count). The van der Waals surface area contributed by atoms with Gasteiger partial charge in [0.05, 0.1) is 6.42 Å². The van der Waals surface area contributed by atoms with Crippen LogP contribution < -0.4 is 11.1 Å². The molecule has 3 nitrogen and oxygen atoms in total. The van der Waals surface area contributed by atoms with Gasteiger partial charge in [0.1, 0.15) is 0 Å². The summed E-state index contributed by atoms with van der Waals surface area (Å²) < 4.78 is 26.4. The Morgan fingerprint density at radius 2 is 1.80 bits per heavy atom. The Labute approximate surface area is 115 Å². The quantitative estimate of drug-likeness (QED) is 0.843. The van der Waals surface area contributed by atoms with Gasteiger partial charge in [-0.05, 0) is 23.8 Å². The number of rotatable bonds is 4. The van der Waals surface area contributed by atoms with Crippen molar-refractivity contribution in [3.8, 4) is 0 Å². The molecular weight excluding hydrogens is 262 g/mol. The van der Waals surface area contributed by atoms with Crippen molar-refractivity contribution in [2.45, 2.75) is 13.0 Å². The van der Waals surface area contributed by atoms with Crippen molar-refractivity contribution in [2.24, 2.45) is 0 Å². The summed E-state index contributed by atoms with van der Waals surface area (Å²) in [6, 6.07) is 10.8. The first-order chi connectivity index (χ1) is 9.56. The Bertz CT molecular complexity index is 612. The van der Waals surface area contributed by atoms with Crippen LogP contribution in [0.1, 0.15) is 11.1 Å². The molecule has 0 bridgehead atoms. The SMILES string of the molecule is Nc1ccc(CNC(=O)Cc2cccc(F)c2F)cc1. The van der Waals surface area contributed by atoms with Gasteiger partial charge in [0, 0.05) is 17.8 Å². The molecule has 0 aromatic heterocycles. The average Bonchev–Trinajstić information content (AvgIpc) is 2.43. The van der Waals surface area contributed by atoms with E-state index in [1.54, 1.807) is 24.3 Å². The molecule has 1 amide bonds. The van der Waals surface area contributed by atoms with Gasteiger partial charge in [-0.2, -0.15) is 0 Å². The van der Waals surface area contributed by atoms with Crippen LogP contribution in [0.15, 0.2) is 42.5 Å². The molecule has 0 saturated carbocycles. The lowest BCUT2D eigenvalue weighted by Gasteiger charge is -2.07. The van der Waals surface area contributed by atoms with Crippen LogP contribution >= 0.6 is 0 Å². The predicted molar refractivity (Wildman–Crippen MR) is 72.8 cm³/mol. The Hall–Kier alpha value is -2.43. The molecular formula is C15H14F2N2O. The van der Waals surface area contributed by atoms with E-state index in [9.17, 15) is 13.6 Å². The standard InChI is InChI=1S/C15H14F2N2O/c16-13-3-1-2-11(15(13)17)8-14(20)19-9-10-4-6-12(18)7-5-10/h1-7H,8-9,18H2,(H,19,20). The number of benzene rings is 2. The molecule has 5 heteroatoms. The third kappa shape index (κ3) is 3.54. The van der Waals surface area contributed by atoms with E-state index in [1.165, 1.54) is 12.1 Å². The zero-order valence-electron chi connectivity index (χ0n) is 10.7. The second kappa shape index (κ2) is 6.14. The minimum Gasteiger partial charge on any atom is -0.399 e. The summed E-state index contributed by atoms with van der Waals surface area (Å²) in [5.41, 5.74) is 7.11. The van der Waals surface area contributed by atoms with Crippen LogP contribution in [0.5, 0.6) is 0 Å². The third-order valence-corrected chi connectivity index (χ3v) is 2.85. The number of nitrogens with two attached hydrogens (primary N) is 1. The number of hydrogen-bond acceptors (Lipinski definition) is 2. The van der Waals surface area contributed by atoms with Crippen molar-refractivity contribution in [1.29, 1.82) is 0 Å². The van der Waals surface area contributed by atoms with Crippen LogP contribution in [-0.2, 0) is 17.8 Å². The van der Waals surface area contributed by atoms with Crippen LogP contribution in [0, 0.1) is 11.6 Å². The fourth-order valence-electron chi connectivity index (χ4n) is 1.76. The van der Waals surface area contributed by atoms with E-state index in [2.05, 4.69) is 5.32 Å². The van der Waals surface area contributed by atoms with Gasteiger partial charge >= 0.3 is 0 Å². The fraction of sp³-hybridized carbons (Fsp3) is 0.133. The van der Waals surface area contributed by atoms with Crippen molar-refractivity contribution < 1.29 is 13.6 Å². The highest BCUT2D eigenvalue weighted by atomic mass is 19.2. The molecule has 3 N–H and O–H groups in total. The predicted octanol–water partition coefficient (Wildman–Crippen LogP) is 2.41. The van der Waals surface area contributed by atoms with Crippen molar-refractivity contribution in [1.82, 2.24) is 5.32 Å². The Kier molecular flexibility index (Phi) is 4.30. The van der Waals surface area contributed by atoms with E-state index in [0.29, 0.717) is 12.2 Å². The second-order valence-electron chi connectivity index (χ2n) is 4.41. The first kappa shape index (κ1) is 14.0. The molecule has 0 aliphatic carbocycles. The highest BCUT2D eigenvalue weighted by Crippen LogP contribution is 2.12. The van der Waals surface area contributed by atoms with Crippen molar-refractivity contribution in [2.75, 3.05) is 5.73 Å². The number of halogens is 2. The summed E-state index contributed by atoms with van der Waals surface area (Å²) in [5, 5.41) is 2.64. The Morgan fingerprint density at radius 3 is 2.50 bits per heavy atom. The summed E-state index contributed by atoms with van der Waals surface area (Å²) >= 11 is 0. The number of amides is 1. The topological polar surface area (TPSA) is 55.1 Å². The molecule has 2 aromatic rings. The van der Waals surface area contributed by atoms with E-state index < -0.39 is 11.6 Å². The van der Waals surface area contributed by atoms with Gasteiger partial charge in [-0.15, -0.1) is 0 Å². The summed E-state index contributed by atoms with van der Waals surface area (Å²) in [5.74, 6) is -2.30. The number of carbonyl (C=O) groups excluding carboxylic acids is 1. The summed E-state index contributed by atoms with van der Waals surface area (Å²) in [6.45, 7) is 0.316. The molecule has 0 aliphatic rings. The molecule has 0 fully saturated rings. The maximum Gasteiger partial charge on any atom is 0.224 e. The van der Waals surface area contributed by atoms with Crippen molar-refractivity contribution in [3.63, 3.8) is 0 Å². The molecule has 0 saturated heterocycles. The monoisotopic (exact) mass is 276 g/mol. The zero-order valence-corrected chi connectivity index (χ0v) is 10.7. The van der Waals surface area contributed by atoms with Crippen LogP contribution in [0.2, 0.25) is 0 Å². The van der Waals surface area contributed by atoms with Gasteiger partial charge in [-0.1, -0.05) is 24.3 Å². The smallest absolute Gasteiger partial charge is 0.224 e. The maximum absolute atomic E-state index is 13.4. The number of nitrogens with one attached hydrogen (secondary N) is 1. The van der Waals surface area contributed by atoms with Crippen LogP contribution in [-0.4, -0.2) is 5.91 Å². The van der Waals surface area contributed by atoms with Crippen LogP contribution in [0.4, 0.5) is 14.5 Å². The number of nitrogen functional groups attached to an aromatic ring is 1. The van der Waals surface area contributed by atoms with Crippen LogP contribution in [0.25, 0.3) is 0 Å². The van der Waals surface area contributed by atoms with Gasteiger partial charge in [-0.25, -0.2) is 8.78 Å². The number of anilines is 1. The summed E-state index contributed by atoms with van der Waals surface area (Å²) in [7, 11) is 0. The first-order valence-electron chi connectivity index (χ1n) is 6.10.